The van der Waals surface area contributed by atoms with E-state index in [1.54, 1.807) is 17.5 Å². The number of halogens is 2. The molecule has 2 aromatic carbocycles. The van der Waals surface area contributed by atoms with Crippen molar-refractivity contribution in [3.63, 3.8) is 0 Å². The van der Waals surface area contributed by atoms with Crippen LogP contribution in [0.3, 0.4) is 0 Å². The molecule has 0 saturated carbocycles. The highest BCUT2D eigenvalue weighted by atomic mass is 32.1. The summed E-state index contributed by atoms with van der Waals surface area (Å²) >= 11 is 1.40. The van der Waals surface area contributed by atoms with Crippen molar-refractivity contribution in [1.82, 2.24) is 9.88 Å². The largest absolute Gasteiger partial charge is 0.493 e. The number of likely N-dealkylation sites (tertiary alicyclic amines) is 1. The molecule has 0 atom stereocenters. The summed E-state index contributed by atoms with van der Waals surface area (Å²) in [6.07, 6.45) is 2.07. The number of rotatable bonds is 6. The van der Waals surface area contributed by atoms with E-state index < -0.39 is 11.6 Å². The van der Waals surface area contributed by atoms with Gasteiger partial charge >= 0.3 is 0 Å². The van der Waals surface area contributed by atoms with Crippen LogP contribution in [0.15, 0.2) is 41.8 Å². The molecule has 0 bridgehead atoms. The van der Waals surface area contributed by atoms with Crippen LogP contribution in [-0.2, 0) is 6.61 Å². The van der Waals surface area contributed by atoms with Crippen LogP contribution in [0, 0.1) is 11.6 Å². The summed E-state index contributed by atoms with van der Waals surface area (Å²) in [7, 11) is 1.52. The lowest BCUT2D eigenvalue weighted by atomic mass is 10.2. The Morgan fingerprint density at radius 1 is 1.10 bits per heavy atom. The Labute approximate surface area is 176 Å². The van der Waals surface area contributed by atoms with Crippen molar-refractivity contribution in [3.05, 3.63) is 64.7 Å². The minimum Gasteiger partial charge on any atom is -0.493 e. The fraction of sp³-hybridized carbons (Fsp3) is 0.273. The quantitative estimate of drug-likeness (QED) is 0.558. The number of thiazole rings is 1. The van der Waals surface area contributed by atoms with Crippen LogP contribution < -0.4 is 9.47 Å². The molecule has 1 amide bonds. The molecule has 1 aromatic heterocycles. The van der Waals surface area contributed by atoms with Gasteiger partial charge in [-0.1, -0.05) is 6.07 Å². The molecule has 156 valence electrons. The van der Waals surface area contributed by atoms with E-state index in [1.807, 2.05) is 11.0 Å². The van der Waals surface area contributed by atoms with Crippen LogP contribution in [0.1, 0.15) is 28.9 Å². The predicted octanol–water partition coefficient (Wildman–Crippen LogP) is 4.91. The summed E-state index contributed by atoms with van der Waals surface area (Å²) in [6.45, 7) is 1.63. The zero-order chi connectivity index (χ0) is 21.1. The number of hydrogen-bond donors (Lipinski definition) is 0. The molecule has 0 spiro atoms. The van der Waals surface area contributed by atoms with Crippen molar-refractivity contribution < 1.29 is 23.0 Å². The SMILES string of the molecule is COc1cc(-c2nc(C(=O)N3CCCC3)cs2)ccc1OCc1ccc(F)c(F)c1. The first-order valence-corrected chi connectivity index (χ1v) is 10.4. The standard InChI is InChI=1S/C22H20F2N2O3S/c1-28-20-11-15(21-25-18(13-30-21)22(27)26-8-2-3-9-26)5-7-19(20)29-12-14-4-6-16(23)17(24)10-14/h4-7,10-11,13H,2-3,8-9,12H2,1H3. The van der Waals surface area contributed by atoms with Crippen LogP contribution in [0.25, 0.3) is 10.6 Å². The Morgan fingerprint density at radius 3 is 2.63 bits per heavy atom. The maximum Gasteiger partial charge on any atom is 0.273 e. The summed E-state index contributed by atoms with van der Waals surface area (Å²) in [6, 6.07) is 8.98. The number of ether oxygens (including phenoxy) is 2. The predicted molar refractivity (Wildman–Crippen MR) is 110 cm³/mol. The zero-order valence-corrected chi connectivity index (χ0v) is 17.2. The molecule has 0 N–H and O–H groups in total. The van der Waals surface area contributed by atoms with Gasteiger partial charge < -0.3 is 14.4 Å². The number of benzene rings is 2. The first-order valence-electron chi connectivity index (χ1n) is 9.55. The maximum absolute atomic E-state index is 13.4. The highest BCUT2D eigenvalue weighted by Gasteiger charge is 2.22. The average molecular weight is 430 g/mol. The van der Waals surface area contributed by atoms with Crippen molar-refractivity contribution in [2.45, 2.75) is 19.4 Å². The summed E-state index contributed by atoms with van der Waals surface area (Å²) < 4.78 is 37.6. The molecule has 2 heterocycles. The monoisotopic (exact) mass is 430 g/mol. The molecule has 1 aliphatic rings. The fourth-order valence-electron chi connectivity index (χ4n) is 3.30. The van der Waals surface area contributed by atoms with Crippen LogP contribution in [0.4, 0.5) is 8.78 Å². The second-order valence-corrected chi connectivity index (χ2v) is 7.80. The van der Waals surface area contributed by atoms with Gasteiger partial charge in [0, 0.05) is 24.0 Å². The Kier molecular flexibility index (Phi) is 5.94. The van der Waals surface area contributed by atoms with E-state index in [1.165, 1.54) is 24.5 Å². The number of carbonyl (C=O) groups excluding carboxylic acids is 1. The lowest BCUT2D eigenvalue weighted by Crippen LogP contribution is -2.27. The van der Waals surface area contributed by atoms with E-state index in [0.29, 0.717) is 27.8 Å². The van der Waals surface area contributed by atoms with Gasteiger partial charge in [-0.05, 0) is 48.7 Å². The molecule has 1 aliphatic heterocycles. The van der Waals surface area contributed by atoms with Gasteiger partial charge in [0.05, 0.1) is 7.11 Å². The molecule has 4 rings (SSSR count). The highest BCUT2D eigenvalue weighted by molar-refractivity contribution is 7.13. The van der Waals surface area contributed by atoms with Gasteiger partial charge in [0.25, 0.3) is 5.91 Å². The minimum absolute atomic E-state index is 0.0338. The molecule has 1 saturated heterocycles. The van der Waals surface area contributed by atoms with Crippen molar-refractivity contribution in [1.29, 1.82) is 0 Å². The number of aromatic nitrogens is 1. The molecule has 30 heavy (non-hydrogen) atoms. The number of methoxy groups -OCH3 is 1. The van der Waals surface area contributed by atoms with E-state index in [9.17, 15) is 13.6 Å². The number of carbonyl (C=O) groups is 1. The smallest absolute Gasteiger partial charge is 0.273 e. The normalized spacial score (nSPS) is 13.5. The molecule has 5 nitrogen and oxygen atoms in total. The summed E-state index contributed by atoms with van der Waals surface area (Å²) in [4.78, 5) is 18.8. The van der Waals surface area contributed by atoms with Gasteiger partial charge in [0.1, 0.15) is 17.3 Å². The molecule has 0 aliphatic carbocycles. The van der Waals surface area contributed by atoms with Gasteiger partial charge in [-0.15, -0.1) is 11.3 Å². The van der Waals surface area contributed by atoms with E-state index in [4.69, 9.17) is 9.47 Å². The van der Waals surface area contributed by atoms with Crippen LogP contribution in [-0.4, -0.2) is 36.0 Å². The first kappa shape index (κ1) is 20.3. The molecular weight excluding hydrogens is 410 g/mol. The Hall–Kier alpha value is -3.00. The third kappa shape index (κ3) is 4.28. The minimum atomic E-state index is -0.915. The first-order chi connectivity index (χ1) is 14.5. The molecule has 8 heteroatoms. The van der Waals surface area contributed by atoms with E-state index in [2.05, 4.69) is 4.98 Å². The van der Waals surface area contributed by atoms with Gasteiger partial charge in [-0.3, -0.25) is 4.79 Å². The van der Waals surface area contributed by atoms with Gasteiger partial charge in [-0.25, -0.2) is 13.8 Å². The van der Waals surface area contributed by atoms with Crippen LogP contribution in [0.2, 0.25) is 0 Å². The number of nitrogens with zero attached hydrogens (tertiary/aromatic N) is 2. The third-order valence-electron chi connectivity index (χ3n) is 4.91. The van der Waals surface area contributed by atoms with Crippen molar-refractivity contribution in [2.24, 2.45) is 0 Å². The summed E-state index contributed by atoms with van der Waals surface area (Å²) in [5.41, 5.74) is 1.76. The molecule has 0 radical (unpaired) electrons. The number of amides is 1. The van der Waals surface area contributed by atoms with Gasteiger partial charge in [0.2, 0.25) is 0 Å². The van der Waals surface area contributed by atoms with E-state index >= 15 is 0 Å². The van der Waals surface area contributed by atoms with Crippen molar-refractivity contribution in [2.75, 3.05) is 20.2 Å². The lowest BCUT2D eigenvalue weighted by Gasteiger charge is -2.13. The summed E-state index contributed by atoms with van der Waals surface area (Å²) in [5, 5.41) is 2.48. The van der Waals surface area contributed by atoms with Gasteiger partial charge in [-0.2, -0.15) is 0 Å². The van der Waals surface area contributed by atoms with Crippen molar-refractivity contribution >= 4 is 17.2 Å². The van der Waals surface area contributed by atoms with E-state index in [-0.39, 0.29) is 12.5 Å². The highest BCUT2D eigenvalue weighted by Crippen LogP contribution is 2.34. The molecule has 0 unspecified atom stereocenters. The van der Waals surface area contributed by atoms with Crippen molar-refractivity contribution in [3.8, 4) is 22.1 Å². The third-order valence-corrected chi connectivity index (χ3v) is 5.80. The summed E-state index contributed by atoms with van der Waals surface area (Å²) in [5.74, 6) is -0.893. The van der Waals surface area contributed by atoms with E-state index in [0.717, 1.165) is 43.6 Å². The second-order valence-electron chi connectivity index (χ2n) is 6.94. The Balaban J connectivity index is 1.49. The molecule has 3 aromatic rings. The maximum atomic E-state index is 13.4. The lowest BCUT2D eigenvalue weighted by molar-refractivity contribution is 0.0788. The topological polar surface area (TPSA) is 51.7 Å². The number of hydrogen-bond acceptors (Lipinski definition) is 5. The molecular formula is C22H20F2N2O3S. The second kappa shape index (κ2) is 8.79. The van der Waals surface area contributed by atoms with Gasteiger partial charge in [0.15, 0.2) is 23.1 Å². The Morgan fingerprint density at radius 2 is 1.90 bits per heavy atom. The Bertz CT molecular complexity index is 1060. The fourth-order valence-corrected chi connectivity index (χ4v) is 4.09. The van der Waals surface area contributed by atoms with Crippen LogP contribution >= 0.6 is 11.3 Å². The molecule has 1 fully saturated rings. The van der Waals surface area contributed by atoms with Crippen LogP contribution in [0.5, 0.6) is 11.5 Å². The zero-order valence-electron chi connectivity index (χ0n) is 16.4. The average Bonchev–Trinajstić information content (AvgIpc) is 3.46.